The Labute approximate surface area is 183 Å². The van der Waals surface area contributed by atoms with Crippen LogP contribution in [0.2, 0.25) is 0 Å². The van der Waals surface area contributed by atoms with E-state index >= 15 is 0 Å². The first kappa shape index (κ1) is 20.9. The highest BCUT2D eigenvalue weighted by atomic mass is 16.2. The summed E-state index contributed by atoms with van der Waals surface area (Å²) in [5, 5.41) is 4.20. The van der Waals surface area contributed by atoms with Crippen molar-refractivity contribution >= 4 is 28.3 Å². The number of fused-ring (bicyclic) bond motifs is 1. The normalized spacial score (nSPS) is 15.9. The zero-order chi connectivity index (χ0) is 21.8. The van der Waals surface area contributed by atoms with Crippen molar-refractivity contribution < 1.29 is 9.59 Å². The first-order valence-electron chi connectivity index (χ1n) is 11.0. The van der Waals surface area contributed by atoms with Crippen LogP contribution in [0.5, 0.6) is 0 Å². The average molecular weight is 416 g/mol. The topological polar surface area (TPSA) is 65.2 Å². The molecular formula is C26H29N3O2. The summed E-state index contributed by atoms with van der Waals surface area (Å²) >= 11 is 0. The van der Waals surface area contributed by atoms with Gasteiger partial charge in [-0.05, 0) is 36.1 Å². The molecule has 2 atom stereocenters. The molecule has 0 aliphatic carbocycles. The number of nitrogens with one attached hydrogen (secondary N) is 2. The van der Waals surface area contributed by atoms with E-state index in [1.54, 1.807) is 12.1 Å². The van der Waals surface area contributed by atoms with Crippen LogP contribution in [0, 0.1) is 5.92 Å². The Balaban J connectivity index is 1.49. The lowest BCUT2D eigenvalue weighted by molar-refractivity contribution is -0.134. The SMILES string of the molecule is CC[C@H](C)[C@H](NC(=O)c1ccccc1)C(=O)N1CC=C(c2c[nH]c3ccccc23)CC1. The smallest absolute Gasteiger partial charge is 0.251 e. The Hall–Kier alpha value is -3.34. The van der Waals surface area contributed by atoms with Crippen LogP contribution >= 0.6 is 0 Å². The summed E-state index contributed by atoms with van der Waals surface area (Å²) < 4.78 is 0. The Kier molecular flexibility index (Phi) is 6.21. The van der Waals surface area contributed by atoms with Crippen LogP contribution < -0.4 is 5.32 Å². The van der Waals surface area contributed by atoms with E-state index in [0.29, 0.717) is 18.7 Å². The molecule has 2 N–H and O–H groups in total. The van der Waals surface area contributed by atoms with E-state index in [2.05, 4.69) is 34.7 Å². The van der Waals surface area contributed by atoms with E-state index in [1.165, 1.54) is 16.5 Å². The van der Waals surface area contributed by atoms with Crippen molar-refractivity contribution in [3.63, 3.8) is 0 Å². The van der Waals surface area contributed by atoms with Crippen LogP contribution in [-0.2, 0) is 4.79 Å². The number of H-pyrrole nitrogens is 1. The summed E-state index contributed by atoms with van der Waals surface area (Å²) in [6.07, 6.45) is 5.81. The molecular weight excluding hydrogens is 386 g/mol. The number of aromatic nitrogens is 1. The van der Waals surface area contributed by atoms with Gasteiger partial charge in [0.15, 0.2) is 0 Å². The average Bonchev–Trinajstić information content (AvgIpc) is 3.26. The number of hydrogen-bond donors (Lipinski definition) is 2. The van der Waals surface area contributed by atoms with Gasteiger partial charge >= 0.3 is 0 Å². The van der Waals surface area contributed by atoms with Crippen LogP contribution in [0.25, 0.3) is 16.5 Å². The van der Waals surface area contributed by atoms with E-state index in [0.717, 1.165) is 18.4 Å². The molecule has 2 heterocycles. The Morgan fingerprint density at radius 2 is 1.84 bits per heavy atom. The van der Waals surface area contributed by atoms with Crippen LogP contribution in [-0.4, -0.2) is 40.8 Å². The first-order valence-corrected chi connectivity index (χ1v) is 11.0. The fraction of sp³-hybridized carbons (Fsp3) is 0.308. The number of carbonyl (C=O) groups is 2. The van der Waals surface area contributed by atoms with Crippen LogP contribution in [0.3, 0.4) is 0 Å². The molecule has 3 aromatic rings. The molecule has 2 amide bonds. The minimum atomic E-state index is -0.527. The van der Waals surface area contributed by atoms with Gasteiger partial charge in [0, 0.05) is 41.3 Å². The summed E-state index contributed by atoms with van der Waals surface area (Å²) in [5.74, 6) is -0.154. The fourth-order valence-electron chi connectivity index (χ4n) is 4.15. The summed E-state index contributed by atoms with van der Waals surface area (Å²) in [7, 11) is 0. The van der Waals surface area contributed by atoms with Gasteiger partial charge in [-0.25, -0.2) is 0 Å². The largest absolute Gasteiger partial charge is 0.361 e. The number of hydrogen-bond acceptors (Lipinski definition) is 2. The number of benzene rings is 2. The highest BCUT2D eigenvalue weighted by molar-refractivity contribution is 5.98. The number of nitrogens with zero attached hydrogens (tertiary/aromatic N) is 1. The van der Waals surface area contributed by atoms with E-state index in [9.17, 15) is 9.59 Å². The van der Waals surface area contributed by atoms with Gasteiger partial charge in [0.2, 0.25) is 5.91 Å². The highest BCUT2D eigenvalue weighted by Crippen LogP contribution is 2.29. The van der Waals surface area contributed by atoms with Gasteiger partial charge < -0.3 is 15.2 Å². The van der Waals surface area contributed by atoms with Gasteiger partial charge in [-0.1, -0.05) is 62.7 Å². The van der Waals surface area contributed by atoms with Crippen molar-refractivity contribution in [2.24, 2.45) is 5.92 Å². The minimum Gasteiger partial charge on any atom is -0.361 e. The Morgan fingerprint density at radius 1 is 1.10 bits per heavy atom. The van der Waals surface area contributed by atoms with Crippen molar-refractivity contribution in [1.29, 1.82) is 0 Å². The van der Waals surface area contributed by atoms with Gasteiger partial charge in [0.05, 0.1) is 0 Å². The van der Waals surface area contributed by atoms with Gasteiger partial charge in [-0.2, -0.15) is 0 Å². The van der Waals surface area contributed by atoms with Crippen LogP contribution in [0.4, 0.5) is 0 Å². The molecule has 0 spiro atoms. The van der Waals surface area contributed by atoms with E-state index in [-0.39, 0.29) is 17.7 Å². The molecule has 0 saturated carbocycles. The maximum absolute atomic E-state index is 13.3. The molecule has 1 aromatic heterocycles. The summed E-state index contributed by atoms with van der Waals surface area (Å²) in [6.45, 7) is 5.27. The maximum Gasteiger partial charge on any atom is 0.251 e. The lowest BCUT2D eigenvalue weighted by Gasteiger charge is -2.32. The Morgan fingerprint density at radius 3 is 2.55 bits per heavy atom. The first-order chi connectivity index (χ1) is 15.1. The molecule has 5 nitrogen and oxygen atoms in total. The molecule has 0 saturated heterocycles. The second-order valence-electron chi connectivity index (χ2n) is 8.21. The van der Waals surface area contributed by atoms with Crippen molar-refractivity contribution in [1.82, 2.24) is 15.2 Å². The zero-order valence-electron chi connectivity index (χ0n) is 18.1. The molecule has 160 valence electrons. The van der Waals surface area contributed by atoms with Crippen molar-refractivity contribution in [3.8, 4) is 0 Å². The lowest BCUT2D eigenvalue weighted by atomic mass is 9.95. The number of amides is 2. The molecule has 1 aliphatic heterocycles. The number of aromatic amines is 1. The third kappa shape index (κ3) is 4.41. The maximum atomic E-state index is 13.3. The van der Waals surface area contributed by atoms with Gasteiger partial charge in [0.25, 0.3) is 5.91 Å². The summed E-state index contributed by atoms with van der Waals surface area (Å²) in [6, 6.07) is 16.8. The van der Waals surface area contributed by atoms with E-state index < -0.39 is 6.04 Å². The van der Waals surface area contributed by atoms with Gasteiger partial charge in [-0.3, -0.25) is 9.59 Å². The standard InChI is InChI=1S/C26H29N3O2/c1-3-18(2)24(28-25(30)20-9-5-4-6-10-20)26(31)29-15-13-19(14-16-29)22-17-27-23-12-8-7-11-21(22)23/h4-13,17-18,24,27H,3,14-16H2,1-2H3,(H,28,30)/t18-,24-/m0/s1. The van der Waals surface area contributed by atoms with Gasteiger partial charge in [0.1, 0.15) is 6.04 Å². The van der Waals surface area contributed by atoms with Crippen LogP contribution in [0.15, 0.2) is 66.9 Å². The number of carbonyl (C=O) groups excluding carboxylic acids is 2. The summed E-state index contributed by atoms with van der Waals surface area (Å²) in [5.41, 5.74) is 4.16. The molecule has 2 aromatic carbocycles. The second kappa shape index (κ2) is 9.21. The highest BCUT2D eigenvalue weighted by Gasteiger charge is 2.31. The van der Waals surface area contributed by atoms with E-state index in [1.807, 2.05) is 49.1 Å². The molecule has 5 heteroatoms. The third-order valence-corrected chi connectivity index (χ3v) is 6.26. The Bertz CT molecular complexity index is 1100. The van der Waals surface area contributed by atoms with Crippen LogP contribution in [0.1, 0.15) is 42.6 Å². The number of rotatable bonds is 6. The summed E-state index contributed by atoms with van der Waals surface area (Å²) in [4.78, 5) is 31.2. The predicted octanol–water partition coefficient (Wildman–Crippen LogP) is 4.63. The van der Waals surface area contributed by atoms with E-state index in [4.69, 9.17) is 0 Å². The monoisotopic (exact) mass is 415 g/mol. The lowest BCUT2D eigenvalue weighted by Crippen LogP contribution is -2.52. The van der Waals surface area contributed by atoms with Crippen molar-refractivity contribution in [3.05, 3.63) is 78.0 Å². The molecule has 31 heavy (non-hydrogen) atoms. The van der Waals surface area contributed by atoms with Crippen molar-refractivity contribution in [2.45, 2.75) is 32.7 Å². The minimum absolute atomic E-state index is 0.00661. The molecule has 0 unspecified atom stereocenters. The third-order valence-electron chi connectivity index (χ3n) is 6.26. The number of para-hydroxylation sites is 1. The van der Waals surface area contributed by atoms with Crippen molar-refractivity contribution in [2.75, 3.05) is 13.1 Å². The molecule has 0 radical (unpaired) electrons. The molecule has 4 rings (SSSR count). The molecule has 1 aliphatic rings. The van der Waals surface area contributed by atoms with Gasteiger partial charge in [-0.15, -0.1) is 0 Å². The molecule has 0 fully saturated rings. The molecule has 0 bridgehead atoms. The zero-order valence-corrected chi connectivity index (χ0v) is 18.1. The predicted molar refractivity (Wildman–Crippen MR) is 125 cm³/mol. The second-order valence-corrected chi connectivity index (χ2v) is 8.21. The fourth-order valence-corrected chi connectivity index (χ4v) is 4.15. The quantitative estimate of drug-likeness (QED) is 0.617.